The maximum atomic E-state index is 15.1. The van der Waals surface area contributed by atoms with E-state index in [4.69, 9.17) is 11.6 Å². The summed E-state index contributed by atoms with van der Waals surface area (Å²) in [5.74, 6) is -2.73. The fraction of sp³-hybridized carbons (Fsp3) is 0.167. The van der Waals surface area contributed by atoms with Crippen LogP contribution < -0.4 is 16.3 Å². The number of phenols is 1. The fourth-order valence-corrected chi connectivity index (χ4v) is 8.06. The molecule has 228 valence electrons. The third-order valence-corrected chi connectivity index (χ3v) is 9.93. The average molecular weight is 631 g/mol. The predicted octanol–water partition coefficient (Wildman–Crippen LogP) is 4.96. The zero-order chi connectivity index (χ0) is 31.7. The van der Waals surface area contributed by atoms with E-state index in [1.807, 2.05) is 36.4 Å². The number of imide groups is 1. The van der Waals surface area contributed by atoms with Gasteiger partial charge < -0.3 is 5.11 Å². The molecule has 0 radical (unpaired) electrons. The van der Waals surface area contributed by atoms with Crippen LogP contribution in [0.5, 0.6) is 5.75 Å². The lowest BCUT2D eigenvalue weighted by Crippen LogP contribution is -2.53. The number of nitrogens with zero attached hydrogens (tertiary/aromatic N) is 4. The Morgan fingerprint density at radius 3 is 2.15 bits per heavy atom. The second-order valence-corrected chi connectivity index (χ2v) is 12.3. The number of aromatic hydroxyl groups is 1. The number of phenolic OH excluding ortho intramolecular Hbond substituents is 1. The third kappa shape index (κ3) is 3.75. The number of anilines is 1. The number of carbonyl (C=O) groups is 2. The van der Waals surface area contributed by atoms with Gasteiger partial charge >= 0.3 is 11.4 Å². The monoisotopic (exact) mass is 630 g/mol. The molecule has 1 saturated heterocycles. The lowest BCUT2D eigenvalue weighted by Gasteiger charge is -2.49. The van der Waals surface area contributed by atoms with Crippen molar-refractivity contribution in [1.29, 1.82) is 0 Å². The molecule has 0 unspecified atom stereocenters. The molecule has 5 aromatic rings. The zero-order valence-corrected chi connectivity index (χ0v) is 25.1. The molecule has 8 rings (SSSR count). The second kappa shape index (κ2) is 10.3. The van der Waals surface area contributed by atoms with Gasteiger partial charge in [-0.1, -0.05) is 90.5 Å². The van der Waals surface area contributed by atoms with Crippen LogP contribution >= 0.6 is 11.6 Å². The topological polar surface area (TPSA) is 107 Å². The number of para-hydroxylation sites is 2. The lowest BCUT2D eigenvalue weighted by molar-refractivity contribution is -0.124. The molecule has 9 nitrogen and oxygen atoms in total. The number of allylic oxidation sites excluding steroid dienone is 2. The molecule has 3 heterocycles. The molecular formula is C36H27ClN4O5. The van der Waals surface area contributed by atoms with Gasteiger partial charge in [-0.05, 0) is 54.0 Å². The summed E-state index contributed by atoms with van der Waals surface area (Å²) in [6.45, 7) is 0.0690. The largest absolute Gasteiger partial charge is 0.508 e. The van der Waals surface area contributed by atoms with Crippen molar-refractivity contribution in [2.75, 3.05) is 4.90 Å². The van der Waals surface area contributed by atoms with Gasteiger partial charge in [-0.3, -0.25) is 9.59 Å². The first-order valence-corrected chi connectivity index (χ1v) is 15.4. The highest BCUT2D eigenvalue weighted by atomic mass is 35.5. The van der Waals surface area contributed by atoms with Crippen LogP contribution in [0, 0.1) is 5.92 Å². The number of hydrogen-bond donors (Lipinski definition) is 1. The highest BCUT2D eigenvalue weighted by molar-refractivity contribution is 6.32. The zero-order valence-electron chi connectivity index (χ0n) is 24.4. The van der Waals surface area contributed by atoms with Crippen LogP contribution in [0.25, 0.3) is 5.69 Å². The van der Waals surface area contributed by atoms with Gasteiger partial charge in [-0.2, -0.15) is 0 Å². The minimum Gasteiger partial charge on any atom is -0.508 e. The molecule has 2 amide bonds. The Labute approximate surface area is 267 Å². The Morgan fingerprint density at radius 2 is 1.43 bits per heavy atom. The van der Waals surface area contributed by atoms with Crippen LogP contribution in [0.2, 0.25) is 5.02 Å². The van der Waals surface area contributed by atoms with Crippen molar-refractivity contribution >= 4 is 29.1 Å². The van der Waals surface area contributed by atoms with Crippen molar-refractivity contribution in [3.05, 3.63) is 158 Å². The summed E-state index contributed by atoms with van der Waals surface area (Å²) >= 11 is 6.35. The van der Waals surface area contributed by atoms with E-state index < -0.39 is 46.5 Å². The first-order chi connectivity index (χ1) is 22.3. The smallest absolute Gasteiger partial charge is 0.352 e. The number of aromatic nitrogens is 3. The molecule has 46 heavy (non-hydrogen) atoms. The molecular weight excluding hydrogens is 604 g/mol. The number of fused-ring (bicyclic) bond motifs is 4. The summed E-state index contributed by atoms with van der Waals surface area (Å²) in [5, 5.41) is 11.7. The quantitative estimate of drug-likeness (QED) is 0.223. The number of amides is 2. The van der Waals surface area contributed by atoms with E-state index in [1.54, 1.807) is 78.9 Å². The van der Waals surface area contributed by atoms with Gasteiger partial charge in [0.1, 0.15) is 5.75 Å². The molecule has 2 aliphatic heterocycles. The van der Waals surface area contributed by atoms with Gasteiger partial charge in [-0.15, -0.1) is 0 Å². The van der Waals surface area contributed by atoms with Crippen molar-refractivity contribution in [3.63, 3.8) is 0 Å². The second-order valence-electron chi connectivity index (χ2n) is 11.9. The first kappa shape index (κ1) is 28.1. The van der Waals surface area contributed by atoms with Gasteiger partial charge in [0.05, 0.1) is 35.3 Å². The molecule has 2 fully saturated rings. The van der Waals surface area contributed by atoms with Gasteiger partial charge in [0, 0.05) is 16.5 Å². The molecule has 1 N–H and O–H groups in total. The summed E-state index contributed by atoms with van der Waals surface area (Å²) in [6.07, 6.45) is 1.95. The fourth-order valence-electron chi connectivity index (χ4n) is 7.88. The summed E-state index contributed by atoms with van der Waals surface area (Å²) in [6, 6.07) is 30.5. The van der Waals surface area contributed by atoms with Gasteiger partial charge in [0.15, 0.2) is 0 Å². The van der Waals surface area contributed by atoms with E-state index in [0.717, 1.165) is 4.57 Å². The van der Waals surface area contributed by atoms with Crippen molar-refractivity contribution in [1.82, 2.24) is 13.9 Å². The van der Waals surface area contributed by atoms with E-state index in [-0.39, 0.29) is 18.7 Å². The maximum absolute atomic E-state index is 15.1. The predicted molar refractivity (Wildman–Crippen MR) is 172 cm³/mol. The molecule has 4 atom stereocenters. The van der Waals surface area contributed by atoms with E-state index in [2.05, 4.69) is 0 Å². The van der Waals surface area contributed by atoms with Crippen molar-refractivity contribution < 1.29 is 14.7 Å². The van der Waals surface area contributed by atoms with Crippen molar-refractivity contribution in [2.24, 2.45) is 5.92 Å². The Kier molecular flexibility index (Phi) is 6.30. The SMILES string of the molecule is O=C1[C@@H]2C[C@@H]3C(=CCn4c(=O)n(-c5ccccc5)c(=O)n43)[C@H](c3ccccc3O)[C@]2(c2ccccc2)C(=O)N1c1cccc(Cl)c1. The Bertz CT molecular complexity index is 2200. The normalized spacial score (nSPS) is 23.5. The van der Waals surface area contributed by atoms with Crippen LogP contribution in [0.4, 0.5) is 5.69 Å². The third-order valence-electron chi connectivity index (χ3n) is 9.69. The Morgan fingerprint density at radius 1 is 0.761 bits per heavy atom. The average Bonchev–Trinajstić information content (AvgIpc) is 3.46. The molecule has 0 bridgehead atoms. The highest BCUT2D eigenvalue weighted by Gasteiger charge is 2.69. The number of carbonyl (C=O) groups excluding carboxylic acids is 2. The standard InChI is InChI=1S/C36H27ClN4O5/c37-23-12-9-15-25(20-23)39-32(43)28-21-29-26(18-19-38-34(45)40(35(46)41(29)38)24-13-5-2-6-14-24)31(27-16-7-8-17-30(27)42)36(28,33(39)44)22-10-3-1-4-11-22/h1-18,20,28-29,31,42H,19,21H2/t28-,29+,31+,36+/m0/s1. The minimum absolute atomic E-state index is 0.0401. The highest BCUT2D eigenvalue weighted by Crippen LogP contribution is 2.63. The van der Waals surface area contributed by atoms with Gasteiger partial charge in [0.2, 0.25) is 11.8 Å². The summed E-state index contributed by atoms with van der Waals surface area (Å²) in [4.78, 5) is 58.9. The van der Waals surface area contributed by atoms with Crippen LogP contribution in [0.3, 0.4) is 0 Å². The van der Waals surface area contributed by atoms with Crippen molar-refractivity contribution in [3.8, 4) is 11.4 Å². The van der Waals surface area contributed by atoms with Crippen LogP contribution in [0.1, 0.15) is 29.5 Å². The van der Waals surface area contributed by atoms with Crippen LogP contribution in [-0.4, -0.2) is 30.9 Å². The van der Waals surface area contributed by atoms with Crippen LogP contribution in [-0.2, 0) is 21.5 Å². The molecule has 0 spiro atoms. The minimum atomic E-state index is -1.48. The van der Waals surface area contributed by atoms with E-state index in [1.165, 1.54) is 14.3 Å². The molecule has 10 heteroatoms. The number of benzene rings is 4. The first-order valence-electron chi connectivity index (χ1n) is 15.0. The van der Waals surface area contributed by atoms with E-state index in [9.17, 15) is 19.5 Å². The van der Waals surface area contributed by atoms with Gasteiger partial charge in [-0.25, -0.2) is 28.4 Å². The number of halogens is 1. The molecule has 3 aliphatic rings. The van der Waals surface area contributed by atoms with Gasteiger partial charge in [0.25, 0.3) is 0 Å². The molecule has 4 aromatic carbocycles. The maximum Gasteiger partial charge on any atom is 0.352 e. The molecule has 1 aromatic heterocycles. The van der Waals surface area contributed by atoms with Crippen molar-refractivity contribution in [2.45, 2.75) is 30.3 Å². The molecule has 1 aliphatic carbocycles. The Hall–Kier alpha value is -5.41. The summed E-state index contributed by atoms with van der Waals surface area (Å²) in [7, 11) is 0. The number of rotatable bonds is 4. The Balaban J connectivity index is 1.42. The van der Waals surface area contributed by atoms with E-state index in [0.29, 0.717) is 33.1 Å². The lowest BCUT2D eigenvalue weighted by atomic mass is 9.53. The van der Waals surface area contributed by atoms with E-state index >= 15 is 4.79 Å². The van der Waals surface area contributed by atoms with Crippen LogP contribution in [0.15, 0.2) is 130 Å². The summed E-state index contributed by atoms with van der Waals surface area (Å²) < 4.78 is 3.94. The summed E-state index contributed by atoms with van der Waals surface area (Å²) in [5.41, 5.74) is 0.00119. The number of hydrogen-bond acceptors (Lipinski definition) is 5. The molecule has 1 saturated carbocycles.